The van der Waals surface area contributed by atoms with Gasteiger partial charge in [-0.15, -0.1) is 0 Å². The van der Waals surface area contributed by atoms with Crippen LogP contribution in [0.5, 0.6) is 0 Å². The molecule has 3 heterocycles. The predicted molar refractivity (Wildman–Crippen MR) is 124 cm³/mol. The van der Waals surface area contributed by atoms with E-state index in [4.69, 9.17) is 0 Å². The molecule has 0 unspecified atom stereocenters. The lowest BCUT2D eigenvalue weighted by Gasteiger charge is -2.37. The molecular weight excluding hydrogens is 386 g/mol. The molecule has 0 bridgehead atoms. The maximum Gasteiger partial charge on any atom is 0.166 e. The second-order valence-electron chi connectivity index (χ2n) is 9.39. The van der Waals surface area contributed by atoms with Crippen molar-refractivity contribution in [2.75, 3.05) is 10.6 Å². The number of carbonyl (C=O) groups excluding carboxylic acids is 1. The summed E-state index contributed by atoms with van der Waals surface area (Å²) >= 11 is 0. The summed E-state index contributed by atoms with van der Waals surface area (Å²) in [6, 6.07) is 8.20. The molecule has 0 spiro atoms. The maximum absolute atomic E-state index is 13.0. The standard InChI is InChI=1S/C25H29N5O/c1-15(2)18-9-16(10-18)11-23(31)20-14-27-25(12-22(20)28-19-4-5-19)30-24-6-3-17-13-26-8-7-21(17)29-24/h3,6-8,12-16,18-19H,4-5,9-11H2,1-2H3,(H2,27,28,29,30). The van der Waals surface area contributed by atoms with Crippen LogP contribution in [-0.2, 0) is 0 Å². The van der Waals surface area contributed by atoms with Crippen molar-refractivity contribution in [1.82, 2.24) is 15.0 Å². The van der Waals surface area contributed by atoms with E-state index in [1.54, 1.807) is 18.6 Å². The average Bonchev–Trinajstić information content (AvgIpc) is 3.54. The second kappa shape index (κ2) is 8.25. The number of rotatable bonds is 8. The Hall–Kier alpha value is -3.02. The van der Waals surface area contributed by atoms with E-state index in [-0.39, 0.29) is 5.78 Å². The molecule has 160 valence electrons. The number of carbonyl (C=O) groups is 1. The zero-order valence-corrected chi connectivity index (χ0v) is 18.1. The number of anilines is 3. The molecule has 6 nitrogen and oxygen atoms in total. The third kappa shape index (κ3) is 4.53. The highest BCUT2D eigenvalue weighted by atomic mass is 16.1. The molecule has 0 amide bonds. The molecule has 2 fully saturated rings. The first-order chi connectivity index (χ1) is 15.0. The lowest BCUT2D eigenvalue weighted by molar-refractivity contribution is 0.0847. The van der Waals surface area contributed by atoms with Gasteiger partial charge in [-0.25, -0.2) is 9.97 Å². The summed E-state index contributed by atoms with van der Waals surface area (Å²) in [5.41, 5.74) is 2.47. The minimum absolute atomic E-state index is 0.200. The van der Waals surface area contributed by atoms with Crippen molar-refractivity contribution in [2.24, 2.45) is 17.8 Å². The van der Waals surface area contributed by atoms with Gasteiger partial charge in [-0.2, -0.15) is 0 Å². The Kier molecular flexibility index (Phi) is 5.30. The number of pyridine rings is 3. The Labute approximate surface area is 182 Å². The molecule has 2 aliphatic carbocycles. The number of hydrogen-bond donors (Lipinski definition) is 2. The normalized spacial score (nSPS) is 20.5. The Balaban J connectivity index is 1.33. The number of nitrogens with zero attached hydrogens (tertiary/aromatic N) is 3. The minimum atomic E-state index is 0.200. The van der Waals surface area contributed by atoms with Gasteiger partial charge in [0, 0.05) is 42.5 Å². The second-order valence-corrected chi connectivity index (χ2v) is 9.39. The molecule has 2 aliphatic rings. The van der Waals surface area contributed by atoms with Crippen molar-refractivity contribution >= 4 is 34.0 Å². The first kappa shape index (κ1) is 19.9. The first-order valence-electron chi connectivity index (χ1n) is 11.3. The topological polar surface area (TPSA) is 79.8 Å². The molecular formula is C25H29N5O. The first-order valence-corrected chi connectivity index (χ1v) is 11.3. The Morgan fingerprint density at radius 3 is 2.74 bits per heavy atom. The predicted octanol–water partition coefficient (Wildman–Crippen LogP) is 5.60. The number of nitrogens with one attached hydrogen (secondary N) is 2. The molecule has 6 heteroatoms. The van der Waals surface area contributed by atoms with E-state index < -0.39 is 0 Å². The molecule has 2 N–H and O–H groups in total. The minimum Gasteiger partial charge on any atom is -0.382 e. The lowest BCUT2D eigenvalue weighted by Crippen LogP contribution is -2.29. The van der Waals surface area contributed by atoms with Gasteiger partial charge >= 0.3 is 0 Å². The van der Waals surface area contributed by atoms with Crippen LogP contribution in [0.1, 0.15) is 56.3 Å². The van der Waals surface area contributed by atoms with E-state index in [1.807, 2.05) is 24.3 Å². The molecule has 31 heavy (non-hydrogen) atoms. The van der Waals surface area contributed by atoms with Crippen LogP contribution in [0, 0.1) is 17.8 Å². The van der Waals surface area contributed by atoms with Crippen molar-refractivity contribution in [1.29, 1.82) is 0 Å². The van der Waals surface area contributed by atoms with E-state index in [1.165, 1.54) is 12.8 Å². The van der Waals surface area contributed by atoms with E-state index in [9.17, 15) is 4.79 Å². The zero-order valence-electron chi connectivity index (χ0n) is 18.1. The van der Waals surface area contributed by atoms with E-state index in [2.05, 4.69) is 39.4 Å². The fourth-order valence-corrected chi connectivity index (χ4v) is 4.35. The number of hydrogen-bond acceptors (Lipinski definition) is 6. The molecule has 2 saturated carbocycles. The van der Waals surface area contributed by atoms with Gasteiger partial charge < -0.3 is 10.6 Å². The zero-order chi connectivity index (χ0) is 21.4. The highest BCUT2D eigenvalue weighted by Gasteiger charge is 2.33. The third-order valence-corrected chi connectivity index (χ3v) is 6.58. The third-order valence-electron chi connectivity index (χ3n) is 6.58. The van der Waals surface area contributed by atoms with Crippen molar-refractivity contribution in [3.8, 4) is 0 Å². The average molecular weight is 416 g/mol. The van der Waals surface area contributed by atoms with E-state index in [0.29, 0.717) is 35.7 Å². The molecule has 0 radical (unpaired) electrons. The summed E-state index contributed by atoms with van der Waals surface area (Å²) in [4.78, 5) is 26.3. The summed E-state index contributed by atoms with van der Waals surface area (Å²) in [6.07, 6.45) is 10.5. The van der Waals surface area contributed by atoms with E-state index in [0.717, 1.165) is 41.2 Å². The molecule has 0 saturated heterocycles. The SMILES string of the molecule is CC(C)C1CC(CC(=O)c2cnc(Nc3ccc4cnccc4n3)cc2NC2CC2)C1. The van der Waals surface area contributed by atoms with Gasteiger partial charge in [0.05, 0.1) is 16.8 Å². The van der Waals surface area contributed by atoms with Crippen molar-refractivity contribution in [3.05, 3.63) is 48.4 Å². The van der Waals surface area contributed by atoms with Crippen molar-refractivity contribution < 1.29 is 4.79 Å². The number of fused-ring (bicyclic) bond motifs is 1. The Morgan fingerprint density at radius 2 is 1.97 bits per heavy atom. The number of ketones is 1. The fourth-order valence-electron chi connectivity index (χ4n) is 4.35. The Bertz CT molecular complexity index is 1100. The van der Waals surface area contributed by atoms with Crippen LogP contribution in [0.2, 0.25) is 0 Å². The Morgan fingerprint density at radius 1 is 1.13 bits per heavy atom. The van der Waals surface area contributed by atoms with Crippen LogP contribution in [0.15, 0.2) is 42.9 Å². The smallest absolute Gasteiger partial charge is 0.166 e. The van der Waals surface area contributed by atoms with Crippen LogP contribution in [-0.4, -0.2) is 26.8 Å². The summed E-state index contributed by atoms with van der Waals surface area (Å²) in [5.74, 6) is 3.61. The lowest BCUT2D eigenvalue weighted by atomic mass is 9.67. The molecule has 3 aromatic heterocycles. The van der Waals surface area contributed by atoms with Crippen molar-refractivity contribution in [3.63, 3.8) is 0 Å². The largest absolute Gasteiger partial charge is 0.382 e. The summed E-state index contributed by atoms with van der Waals surface area (Å²) in [5, 5.41) is 7.81. The fraction of sp³-hybridized carbons (Fsp3) is 0.440. The van der Waals surface area contributed by atoms with Crippen LogP contribution in [0.4, 0.5) is 17.3 Å². The highest BCUT2D eigenvalue weighted by molar-refractivity contribution is 6.01. The molecule has 0 aliphatic heterocycles. The van der Waals surface area contributed by atoms with Crippen LogP contribution in [0.3, 0.4) is 0 Å². The van der Waals surface area contributed by atoms with Gasteiger partial charge in [-0.05, 0) is 61.6 Å². The molecule has 0 atom stereocenters. The summed E-state index contributed by atoms with van der Waals surface area (Å²) < 4.78 is 0. The van der Waals surface area contributed by atoms with Gasteiger partial charge in [0.15, 0.2) is 5.78 Å². The van der Waals surface area contributed by atoms with Crippen molar-refractivity contribution in [2.45, 2.75) is 52.0 Å². The van der Waals surface area contributed by atoms with Gasteiger partial charge in [-0.1, -0.05) is 13.8 Å². The van der Waals surface area contributed by atoms with Gasteiger partial charge in [-0.3, -0.25) is 9.78 Å². The van der Waals surface area contributed by atoms with Gasteiger partial charge in [0.25, 0.3) is 0 Å². The number of aromatic nitrogens is 3. The maximum atomic E-state index is 13.0. The monoisotopic (exact) mass is 415 g/mol. The molecule has 5 rings (SSSR count). The van der Waals surface area contributed by atoms with Gasteiger partial charge in [0.2, 0.25) is 0 Å². The van der Waals surface area contributed by atoms with Crippen LogP contribution in [0.25, 0.3) is 10.9 Å². The molecule has 0 aromatic carbocycles. The summed E-state index contributed by atoms with van der Waals surface area (Å²) in [6.45, 7) is 4.55. The van der Waals surface area contributed by atoms with E-state index >= 15 is 0 Å². The van der Waals surface area contributed by atoms with Crippen LogP contribution >= 0.6 is 0 Å². The molecule has 3 aromatic rings. The quantitative estimate of drug-likeness (QED) is 0.466. The summed E-state index contributed by atoms with van der Waals surface area (Å²) in [7, 11) is 0. The van der Waals surface area contributed by atoms with Gasteiger partial charge in [0.1, 0.15) is 11.6 Å². The highest BCUT2D eigenvalue weighted by Crippen LogP contribution is 2.41. The van der Waals surface area contributed by atoms with Crippen LogP contribution < -0.4 is 10.6 Å². The number of Topliss-reactive ketones (excluding diaryl/α,β-unsaturated/α-hetero) is 1.